The standard InChI is InChI=1S/C15H28BrN3/c1-11(9-14(2,3)4)8-12-17-18-13(10-16)19(12)15(5,6)7/h11H,8-10H2,1-7H3. The fourth-order valence-electron chi connectivity index (χ4n) is 2.78. The Bertz CT molecular complexity index is 410. The number of nitrogens with zero attached hydrogens (tertiary/aromatic N) is 3. The molecule has 0 amide bonds. The first-order chi connectivity index (χ1) is 8.54. The van der Waals surface area contributed by atoms with Crippen molar-refractivity contribution < 1.29 is 0 Å². The zero-order valence-electron chi connectivity index (χ0n) is 13.4. The van der Waals surface area contributed by atoms with Crippen LogP contribution in [0.25, 0.3) is 0 Å². The predicted octanol–water partition coefficient (Wildman–Crippen LogP) is 4.54. The fourth-order valence-corrected chi connectivity index (χ4v) is 3.14. The molecule has 0 spiro atoms. The van der Waals surface area contributed by atoms with Crippen molar-refractivity contribution in [2.24, 2.45) is 11.3 Å². The van der Waals surface area contributed by atoms with Gasteiger partial charge in [-0.1, -0.05) is 43.6 Å². The minimum atomic E-state index is 0.0311. The average molecular weight is 330 g/mol. The molecule has 1 aromatic rings. The molecule has 4 heteroatoms. The lowest BCUT2D eigenvalue weighted by Crippen LogP contribution is -2.27. The van der Waals surface area contributed by atoms with Crippen molar-refractivity contribution >= 4 is 15.9 Å². The number of hydrogen-bond acceptors (Lipinski definition) is 2. The van der Waals surface area contributed by atoms with Gasteiger partial charge in [-0.25, -0.2) is 0 Å². The van der Waals surface area contributed by atoms with Crippen molar-refractivity contribution in [3.05, 3.63) is 11.6 Å². The lowest BCUT2D eigenvalue weighted by molar-refractivity contribution is 0.294. The van der Waals surface area contributed by atoms with Gasteiger partial charge in [0.15, 0.2) is 0 Å². The summed E-state index contributed by atoms with van der Waals surface area (Å²) in [4.78, 5) is 0. The highest BCUT2D eigenvalue weighted by molar-refractivity contribution is 9.08. The van der Waals surface area contributed by atoms with E-state index < -0.39 is 0 Å². The maximum absolute atomic E-state index is 4.41. The van der Waals surface area contributed by atoms with Gasteiger partial charge in [0.1, 0.15) is 11.6 Å². The zero-order valence-corrected chi connectivity index (χ0v) is 15.0. The molecular formula is C15H28BrN3. The summed E-state index contributed by atoms with van der Waals surface area (Å²) in [5, 5.41) is 9.48. The smallest absolute Gasteiger partial charge is 0.144 e. The van der Waals surface area contributed by atoms with Gasteiger partial charge >= 0.3 is 0 Å². The van der Waals surface area contributed by atoms with Crippen LogP contribution >= 0.6 is 15.9 Å². The number of halogens is 1. The predicted molar refractivity (Wildman–Crippen MR) is 84.6 cm³/mol. The van der Waals surface area contributed by atoms with Crippen LogP contribution in [-0.4, -0.2) is 14.8 Å². The Labute approximate surface area is 126 Å². The molecule has 0 radical (unpaired) electrons. The van der Waals surface area contributed by atoms with E-state index in [1.54, 1.807) is 0 Å². The van der Waals surface area contributed by atoms with E-state index in [0.29, 0.717) is 11.3 Å². The summed E-state index contributed by atoms with van der Waals surface area (Å²) in [6.07, 6.45) is 2.20. The second-order valence-electron chi connectivity index (χ2n) is 7.75. The van der Waals surface area contributed by atoms with E-state index in [1.807, 2.05) is 0 Å². The summed E-state index contributed by atoms with van der Waals surface area (Å²) in [5.74, 6) is 2.75. The maximum atomic E-state index is 4.41. The Kier molecular flexibility index (Phi) is 5.21. The highest BCUT2D eigenvalue weighted by atomic mass is 79.9. The monoisotopic (exact) mass is 329 g/mol. The molecule has 110 valence electrons. The molecular weight excluding hydrogens is 302 g/mol. The minimum absolute atomic E-state index is 0.0311. The number of aromatic nitrogens is 3. The van der Waals surface area contributed by atoms with Crippen LogP contribution in [-0.2, 0) is 17.3 Å². The molecule has 0 N–H and O–H groups in total. The van der Waals surface area contributed by atoms with E-state index >= 15 is 0 Å². The second kappa shape index (κ2) is 5.94. The van der Waals surface area contributed by atoms with E-state index in [2.05, 4.69) is 79.2 Å². The van der Waals surface area contributed by atoms with E-state index in [4.69, 9.17) is 0 Å². The minimum Gasteiger partial charge on any atom is -0.309 e. The van der Waals surface area contributed by atoms with Crippen LogP contribution in [0.2, 0.25) is 0 Å². The molecule has 0 saturated carbocycles. The van der Waals surface area contributed by atoms with Crippen molar-refractivity contribution in [1.82, 2.24) is 14.8 Å². The average Bonchev–Trinajstić information content (AvgIpc) is 2.56. The van der Waals surface area contributed by atoms with Crippen LogP contribution in [0, 0.1) is 11.3 Å². The normalized spacial score (nSPS) is 14.7. The molecule has 0 aliphatic rings. The number of hydrogen-bond donors (Lipinski definition) is 0. The summed E-state index contributed by atoms with van der Waals surface area (Å²) in [6.45, 7) is 15.8. The lowest BCUT2D eigenvalue weighted by atomic mass is 9.84. The molecule has 0 bridgehead atoms. The van der Waals surface area contributed by atoms with E-state index in [9.17, 15) is 0 Å². The highest BCUT2D eigenvalue weighted by Gasteiger charge is 2.24. The topological polar surface area (TPSA) is 30.7 Å². The summed E-state index contributed by atoms with van der Waals surface area (Å²) in [5.41, 5.74) is 0.396. The van der Waals surface area contributed by atoms with Crippen LogP contribution in [0.1, 0.15) is 66.5 Å². The van der Waals surface area contributed by atoms with Gasteiger partial charge in [0.25, 0.3) is 0 Å². The summed E-state index contributed by atoms with van der Waals surface area (Å²) in [6, 6.07) is 0. The molecule has 1 atom stereocenters. The lowest BCUT2D eigenvalue weighted by Gasteiger charge is -2.27. The first-order valence-electron chi connectivity index (χ1n) is 7.04. The summed E-state index contributed by atoms with van der Waals surface area (Å²) in [7, 11) is 0. The molecule has 0 aliphatic carbocycles. The Morgan fingerprint density at radius 1 is 1.05 bits per heavy atom. The number of alkyl halides is 1. The van der Waals surface area contributed by atoms with Crippen LogP contribution in [0.3, 0.4) is 0 Å². The first-order valence-corrected chi connectivity index (χ1v) is 8.16. The van der Waals surface area contributed by atoms with Gasteiger partial charge in [0, 0.05) is 12.0 Å². The van der Waals surface area contributed by atoms with Crippen molar-refractivity contribution in [3.63, 3.8) is 0 Å². The molecule has 0 saturated heterocycles. The molecule has 1 heterocycles. The quantitative estimate of drug-likeness (QED) is 0.759. The molecule has 19 heavy (non-hydrogen) atoms. The van der Waals surface area contributed by atoms with Gasteiger partial charge in [-0.2, -0.15) is 0 Å². The zero-order chi connectivity index (χ0) is 14.8. The third-order valence-electron chi connectivity index (χ3n) is 3.08. The summed E-state index contributed by atoms with van der Waals surface area (Å²) < 4.78 is 2.28. The molecule has 1 rings (SSSR count). The van der Waals surface area contributed by atoms with Crippen LogP contribution in [0.15, 0.2) is 0 Å². The SMILES string of the molecule is CC(Cc1nnc(CBr)n1C(C)(C)C)CC(C)(C)C. The summed E-state index contributed by atoms with van der Waals surface area (Å²) >= 11 is 3.51. The van der Waals surface area contributed by atoms with Gasteiger partial charge in [0.2, 0.25) is 0 Å². The molecule has 3 nitrogen and oxygen atoms in total. The van der Waals surface area contributed by atoms with Crippen molar-refractivity contribution in [1.29, 1.82) is 0 Å². The first kappa shape index (κ1) is 16.7. The second-order valence-corrected chi connectivity index (χ2v) is 8.31. The van der Waals surface area contributed by atoms with Gasteiger partial charge in [-0.3, -0.25) is 0 Å². The van der Waals surface area contributed by atoms with E-state index in [-0.39, 0.29) is 5.54 Å². The molecule has 0 aliphatic heterocycles. The van der Waals surface area contributed by atoms with Crippen molar-refractivity contribution in [3.8, 4) is 0 Å². The maximum Gasteiger partial charge on any atom is 0.144 e. The fraction of sp³-hybridized carbons (Fsp3) is 0.867. The Morgan fingerprint density at radius 3 is 2.00 bits per heavy atom. The van der Waals surface area contributed by atoms with E-state index in [0.717, 1.165) is 23.4 Å². The molecule has 1 unspecified atom stereocenters. The van der Waals surface area contributed by atoms with Crippen molar-refractivity contribution in [2.45, 2.75) is 72.2 Å². The van der Waals surface area contributed by atoms with E-state index in [1.165, 1.54) is 6.42 Å². The third-order valence-corrected chi connectivity index (χ3v) is 3.58. The Balaban J connectivity index is 2.93. The van der Waals surface area contributed by atoms with Crippen LogP contribution < -0.4 is 0 Å². The molecule has 0 fully saturated rings. The van der Waals surface area contributed by atoms with Gasteiger partial charge in [0.05, 0.1) is 5.33 Å². The Morgan fingerprint density at radius 2 is 1.58 bits per heavy atom. The Hall–Kier alpha value is -0.380. The van der Waals surface area contributed by atoms with Crippen LogP contribution in [0.4, 0.5) is 0 Å². The van der Waals surface area contributed by atoms with Crippen molar-refractivity contribution in [2.75, 3.05) is 0 Å². The molecule has 0 aromatic carbocycles. The van der Waals surface area contributed by atoms with Gasteiger partial charge < -0.3 is 4.57 Å². The third kappa shape index (κ3) is 4.90. The molecule has 1 aromatic heterocycles. The number of rotatable bonds is 4. The van der Waals surface area contributed by atoms with Gasteiger partial charge in [-0.05, 0) is 38.5 Å². The van der Waals surface area contributed by atoms with Crippen LogP contribution in [0.5, 0.6) is 0 Å². The highest BCUT2D eigenvalue weighted by Crippen LogP contribution is 2.28. The van der Waals surface area contributed by atoms with Gasteiger partial charge in [-0.15, -0.1) is 10.2 Å². The largest absolute Gasteiger partial charge is 0.309 e.